The van der Waals surface area contributed by atoms with Gasteiger partial charge in [0.05, 0.1) is 17.8 Å². The summed E-state index contributed by atoms with van der Waals surface area (Å²) in [5.74, 6) is -0.484. The molecular formula is C13H10ClNO2. The fraction of sp³-hybridized carbons (Fsp3) is 0.0769. The molecule has 0 aliphatic heterocycles. The van der Waals surface area contributed by atoms with Crippen molar-refractivity contribution in [3.63, 3.8) is 0 Å². The molecule has 4 heteroatoms. The SMILES string of the molecule is COC(=O)c1c(Cl)ccnc1-c1ccccc1. The third-order valence-corrected chi connectivity index (χ3v) is 2.65. The minimum Gasteiger partial charge on any atom is -0.465 e. The zero-order valence-corrected chi connectivity index (χ0v) is 9.94. The fourth-order valence-corrected chi connectivity index (χ4v) is 1.77. The van der Waals surface area contributed by atoms with Crippen molar-refractivity contribution >= 4 is 17.6 Å². The lowest BCUT2D eigenvalue weighted by Crippen LogP contribution is -2.06. The number of hydrogen-bond donors (Lipinski definition) is 0. The van der Waals surface area contributed by atoms with Crippen LogP contribution >= 0.6 is 11.6 Å². The van der Waals surface area contributed by atoms with E-state index >= 15 is 0 Å². The lowest BCUT2D eigenvalue weighted by molar-refractivity contribution is 0.0601. The molecule has 2 rings (SSSR count). The van der Waals surface area contributed by atoms with Crippen LogP contribution < -0.4 is 0 Å². The third-order valence-electron chi connectivity index (χ3n) is 2.34. The van der Waals surface area contributed by atoms with E-state index in [4.69, 9.17) is 16.3 Å². The predicted octanol–water partition coefficient (Wildman–Crippen LogP) is 3.19. The number of rotatable bonds is 2. The van der Waals surface area contributed by atoms with Gasteiger partial charge in [-0.15, -0.1) is 0 Å². The average Bonchev–Trinajstić information content (AvgIpc) is 2.38. The number of nitrogens with zero attached hydrogens (tertiary/aromatic N) is 1. The second kappa shape index (κ2) is 4.97. The first-order valence-electron chi connectivity index (χ1n) is 5.02. The van der Waals surface area contributed by atoms with Crippen molar-refractivity contribution in [3.05, 3.63) is 53.2 Å². The van der Waals surface area contributed by atoms with Gasteiger partial charge in [-0.25, -0.2) is 4.79 Å². The molecule has 3 nitrogen and oxygen atoms in total. The van der Waals surface area contributed by atoms with E-state index in [2.05, 4.69) is 4.98 Å². The fourth-order valence-electron chi connectivity index (χ4n) is 1.55. The number of carbonyl (C=O) groups excluding carboxylic acids is 1. The molecule has 0 saturated heterocycles. The highest BCUT2D eigenvalue weighted by molar-refractivity contribution is 6.34. The number of hydrogen-bond acceptors (Lipinski definition) is 3. The van der Waals surface area contributed by atoms with Crippen molar-refractivity contribution in [3.8, 4) is 11.3 Å². The minimum atomic E-state index is -0.484. The summed E-state index contributed by atoms with van der Waals surface area (Å²) in [5, 5.41) is 0.339. The van der Waals surface area contributed by atoms with Crippen LogP contribution in [0.1, 0.15) is 10.4 Å². The number of pyridine rings is 1. The Morgan fingerprint density at radius 3 is 2.59 bits per heavy atom. The van der Waals surface area contributed by atoms with Gasteiger partial charge in [-0.05, 0) is 6.07 Å². The second-order valence-corrected chi connectivity index (χ2v) is 3.78. The van der Waals surface area contributed by atoms with Gasteiger partial charge in [0.25, 0.3) is 0 Å². The minimum absolute atomic E-state index is 0.294. The molecule has 17 heavy (non-hydrogen) atoms. The number of benzene rings is 1. The summed E-state index contributed by atoms with van der Waals surface area (Å²) in [6.07, 6.45) is 1.57. The number of methoxy groups -OCH3 is 1. The third kappa shape index (κ3) is 2.29. The van der Waals surface area contributed by atoms with Crippen LogP contribution in [0.5, 0.6) is 0 Å². The molecule has 2 aromatic rings. The Kier molecular flexibility index (Phi) is 3.40. The maximum atomic E-state index is 11.7. The molecule has 0 N–H and O–H groups in total. The zero-order chi connectivity index (χ0) is 12.3. The topological polar surface area (TPSA) is 39.2 Å². The van der Waals surface area contributed by atoms with Crippen LogP contribution in [-0.4, -0.2) is 18.1 Å². The Balaban J connectivity index is 2.62. The summed E-state index contributed by atoms with van der Waals surface area (Å²) in [6.45, 7) is 0. The molecule has 0 amide bonds. The van der Waals surface area contributed by atoms with Crippen LogP contribution in [0.4, 0.5) is 0 Å². The van der Waals surface area contributed by atoms with E-state index in [1.807, 2.05) is 30.3 Å². The highest BCUT2D eigenvalue weighted by atomic mass is 35.5. The van der Waals surface area contributed by atoms with Crippen molar-refractivity contribution in [1.29, 1.82) is 0 Å². The smallest absolute Gasteiger partial charge is 0.341 e. The van der Waals surface area contributed by atoms with E-state index in [1.54, 1.807) is 12.3 Å². The lowest BCUT2D eigenvalue weighted by Gasteiger charge is -2.08. The number of carbonyl (C=O) groups is 1. The van der Waals surface area contributed by atoms with Crippen molar-refractivity contribution in [2.45, 2.75) is 0 Å². The molecule has 1 aromatic carbocycles. The second-order valence-electron chi connectivity index (χ2n) is 3.37. The van der Waals surface area contributed by atoms with Crippen LogP contribution in [0.3, 0.4) is 0 Å². The van der Waals surface area contributed by atoms with E-state index in [9.17, 15) is 4.79 Å². The number of ether oxygens (including phenoxy) is 1. The predicted molar refractivity (Wildman–Crippen MR) is 66.0 cm³/mol. The molecule has 0 bridgehead atoms. The summed E-state index contributed by atoms with van der Waals surface area (Å²) in [5.41, 5.74) is 1.66. The Hall–Kier alpha value is -1.87. The van der Waals surface area contributed by atoms with Crippen LogP contribution in [-0.2, 0) is 4.74 Å². The highest BCUT2D eigenvalue weighted by Gasteiger charge is 2.18. The first-order chi connectivity index (χ1) is 8.24. The van der Waals surface area contributed by atoms with Gasteiger partial charge in [0.15, 0.2) is 0 Å². The Morgan fingerprint density at radius 1 is 1.24 bits per heavy atom. The summed E-state index contributed by atoms with van der Waals surface area (Å²) in [6, 6.07) is 10.9. The zero-order valence-electron chi connectivity index (χ0n) is 9.18. The van der Waals surface area contributed by atoms with E-state index in [0.717, 1.165) is 5.56 Å². The number of halogens is 1. The van der Waals surface area contributed by atoms with Crippen molar-refractivity contribution < 1.29 is 9.53 Å². The van der Waals surface area contributed by atoms with Crippen molar-refractivity contribution in [2.24, 2.45) is 0 Å². The molecule has 0 fully saturated rings. The van der Waals surface area contributed by atoms with Gasteiger partial charge >= 0.3 is 5.97 Å². The molecule has 1 aromatic heterocycles. The molecule has 0 radical (unpaired) electrons. The molecule has 86 valence electrons. The van der Waals surface area contributed by atoms with Gasteiger partial charge in [0, 0.05) is 11.8 Å². The van der Waals surface area contributed by atoms with Crippen LogP contribution in [0.25, 0.3) is 11.3 Å². The lowest BCUT2D eigenvalue weighted by atomic mass is 10.1. The number of esters is 1. The first-order valence-corrected chi connectivity index (χ1v) is 5.40. The maximum Gasteiger partial charge on any atom is 0.341 e. The maximum absolute atomic E-state index is 11.7. The molecule has 0 aliphatic carbocycles. The Morgan fingerprint density at radius 2 is 1.94 bits per heavy atom. The van der Waals surface area contributed by atoms with Crippen LogP contribution in [0, 0.1) is 0 Å². The molecule has 0 unspecified atom stereocenters. The van der Waals surface area contributed by atoms with E-state index in [-0.39, 0.29) is 0 Å². The molecule has 0 aliphatic rings. The van der Waals surface area contributed by atoms with Crippen molar-refractivity contribution in [1.82, 2.24) is 4.98 Å². The summed E-state index contributed by atoms with van der Waals surface area (Å²) >= 11 is 6.01. The largest absolute Gasteiger partial charge is 0.465 e. The van der Waals surface area contributed by atoms with E-state index in [0.29, 0.717) is 16.3 Å². The normalized spacial score (nSPS) is 10.0. The van der Waals surface area contributed by atoms with Gasteiger partial charge in [0.1, 0.15) is 5.56 Å². The standard InChI is InChI=1S/C13H10ClNO2/c1-17-13(16)11-10(14)7-8-15-12(11)9-5-3-2-4-6-9/h2-8H,1H3. The Bertz CT molecular complexity index is 540. The average molecular weight is 248 g/mol. The molecule has 0 atom stereocenters. The van der Waals surface area contributed by atoms with Gasteiger partial charge in [0.2, 0.25) is 0 Å². The van der Waals surface area contributed by atoms with Gasteiger partial charge in [-0.2, -0.15) is 0 Å². The van der Waals surface area contributed by atoms with E-state index in [1.165, 1.54) is 7.11 Å². The summed E-state index contributed by atoms with van der Waals surface area (Å²) < 4.78 is 4.72. The molecular weight excluding hydrogens is 238 g/mol. The molecule has 0 spiro atoms. The van der Waals surface area contributed by atoms with Gasteiger partial charge in [-0.3, -0.25) is 4.98 Å². The Labute approximate surface area is 104 Å². The number of aromatic nitrogens is 1. The monoisotopic (exact) mass is 247 g/mol. The van der Waals surface area contributed by atoms with Crippen LogP contribution in [0.15, 0.2) is 42.6 Å². The van der Waals surface area contributed by atoms with E-state index < -0.39 is 5.97 Å². The van der Waals surface area contributed by atoms with Crippen molar-refractivity contribution in [2.75, 3.05) is 7.11 Å². The highest BCUT2D eigenvalue weighted by Crippen LogP contribution is 2.27. The first kappa shape index (κ1) is 11.6. The quantitative estimate of drug-likeness (QED) is 0.765. The summed E-state index contributed by atoms with van der Waals surface area (Å²) in [7, 11) is 1.32. The van der Waals surface area contributed by atoms with Crippen LogP contribution in [0.2, 0.25) is 5.02 Å². The summed E-state index contributed by atoms with van der Waals surface area (Å²) in [4.78, 5) is 15.9. The molecule has 0 saturated carbocycles. The van der Waals surface area contributed by atoms with Gasteiger partial charge < -0.3 is 4.74 Å². The molecule has 1 heterocycles. The van der Waals surface area contributed by atoms with Gasteiger partial charge in [-0.1, -0.05) is 41.9 Å².